The van der Waals surface area contributed by atoms with E-state index in [1.165, 1.54) is 7.11 Å². The number of para-hydroxylation sites is 1. The van der Waals surface area contributed by atoms with Crippen LogP contribution in [0.15, 0.2) is 42.5 Å². The Morgan fingerprint density at radius 2 is 1.92 bits per heavy atom. The Bertz CT molecular complexity index is 724. The number of benzene rings is 2. The highest BCUT2D eigenvalue weighted by Gasteiger charge is 2.15. The average Bonchev–Trinajstić information content (AvgIpc) is 2.64. The number of aliphatic hydroxyl groups is 1. The SMILES string of the molecule is COc1ccc(OC)c(C(O)CNC(=O)CCc2ccccc2N)c1.Cl. The molecular formula is C19H25ClN2O4. The highest BCUT2D eigenvalue weighted by Crippen LogP contribution is 2.29. The van der Waals surface area contributed by atoms with Gasteiger partial charge < -0.3 is 25.6 Å². The molecule has 7 heteroatoms. The fraction of sp³-hybridized carbons (Fsp3) is 0.316. The zero-order valence-electron chi connectivity index (χ0n) is 14.9. The molecule has 0 bridgehead atoms. The van der Waals surface area contributed by atoms with Gasteiger partial charge in [0.15, 0.2) is 0 Å². The van der Waals surface area contributed by atoms with Gasteiger partial charge in [0.25, 0.3) is 0 Å². The van der Waals surface area contributed by atoms with E-state index in [-0.39, 0.29) is 24.9 Å². The Morgan fingerprint density at radius 1 is 1.19 bits per heavy atom. The van der Waals surface area contributed by atoms with E-state index >= 15 is 0 Å². The third-order valence-corrected chi connectivity index (χ3v) is 3.96. The molecule has 0 heterocycles. The highest BCUT2D eigenvalue weighted by atomic mass is 35.5. The van der Waals surface area contributed by atoms with Crippen LogP contribution in [-0.4, -0.2) is 31.8 Å². The number of carbonyl (C=O) groups is 1. The maximum absolute atomic E-state index is 12.0. The number of nitrogen functional groups attached to an aromatic ring is 1. The normalized spacial score (nSPS) is 11.2. The maximum atomic E-state index is 12.0. The number of aliphatic hydroxyl groups excluding tert-OH is 1. The summed E-state index contributed by atoms with van der Waals surface area (Å²) in [5.41, 5.74) is 8.05. The Balaban J connectivity index is 0.00000338. The van der Waals surface area contributed by atoms with Crippen LogP contribution in [0, 0.1) is 0 Å². The summed E-state index contributed by atoms with van der Waals surface area (Å²) in [5.74, 6) is 1.00. The summed E-state index contributed by atoms with van der Waals surface area (Å²) in [6, 6.07) is 12.6. The fourth-order valence-corrected chi connectivity index (χ4v) is 2.52. The molecule has 0 aliphatic rings. The summed E-state index contributed by atoms with van der Waals surface area (Å²) in [4.78, 5) is 12.0. The number of amides is 1. The quantitative estimate of drug-likeness (QED) is 0.612. The molecule has 0 aliphatic carbocycles. The lowest BCUT2D eigenvalue weighted by Gasteiger charge is -2.16. The lowest BCUT2D eigenvalue weighted by molar-refractivity contribution is -0.121. The van der Waals surface area contributed by atoms with Crippen molar-refractivity contribution in [1.29, 1.82) is 0 Å². The van der Waals surface area contributed by atoms with Gasteiger partial charge in [0.1, 0.15) is 11.5 Å². The number of hydrogen-bond donors (Lipinski definition) is 3. The van der Waals surface area contributed by atoms with Crippen LogP contribution in [0.2, 0.25) is 0 Å². The third-order valence-electron chi connectivity index (χ3n) is 3.96. The van der Waals surface area contributed by atoms with E-state index in [9.17, 15) is 9.90 Å². The first-order chi connectivity index (χ1) is 12.0. The van der Waals surface area contributed by atoms with E-state index in [0.717, 1.165) is 5.56 Å². The fourth-order valence-electron chi connectivity index (χ4n) is 2.52. The molecule has 26 heavy (non-hydrogen) atoms. The summed E-state index contributed by atoms with van der Waals surface area (Å²) < 4.78 is 10.4. The minimum atomic E-state index is -0.893. The summed E-state index contributed by atoms with van der Waals surface area (Å²) in [6.45, 7) is 0.0899. The molecule has 4 N–H and O–H groups in total. The van der Waals surface area contributed by atoms with E-state index < -0.39 is 6.10 Å². The van der Waals surface area contributed by atoms with Crippen molar-refractivity contribution < 1.29 is 19.4 Å². The molecule has 1 atom stereocenters. The van der Waals surface area contributed by atoms with Crippen LogP contribution in [0.5, 0.6) is 11.5 Å². The van der Waals surface area contributed by atoms with E-state index in [2.05, 4.69) is 5.32 Å². The summed E-state index contributed by atoms with van der Waals surface area (Å²) in [7, 11) is 3.08. The standard InChI is InChI=1S/C19H24N2O4.ClH/c1-24-14-8-9-18(25-2)15(11-14)17(22)12-21-19(23)10-7-13-5-3-4-6-16(13)20;/h3-6,8-9,11,17,22H,7,10,12,20H2,1-2H3,(H,21,23);1H. The topological polar surface area (TPSA) is 93.8 Å². The van der Waals surface area contributed by atoms with Gasteiger partial charge in [0.05, 0.1) is 20.3 Å². The molecule has 0 spiro atoms. The number of nitrogens with one attached hydrogen (secondary N) is 1. The number of hydrogen-bond acceptors (Lipinski definition) is 5. The first kappa shape index (κ1) is 21.6. The van der Waals surface area contributed by atoms with Crippen molar-refractivity contribution >= 4 is 24.0 Å². The predicted molar refractivity (Wildman–Crippen MR) is 104 cm³/mol. The van der Waals surface area contributed by atoms with Gasteiger partial charge >= 0.3 is 0 Å². The number of halogens is 1. The molecule has 0 fully saturated rings. The molecular weight excluding hydrogens is 356 g/mol. The van der Waals surface area contributed by atoms with Gasteiger partial charge in [-0.25, -0.2) is 0 Å². The molecule has 6 nitrogen and oxygen atoms in total. The molecule has 142 valence electrons. The van der Waals surface area contributed by atoms with Gasteiger partial charge in [0, 0.05) is 24.2 Å². The first-order valence-electron chi connectivity index (χ1n) is 8.05. The number of aryl methyl sites for hydroxylation is 1. The second-order valence-electron chi connectivity index (χ2n) is 5.63. The van der Waals surface area contributed by atoms with Crippen LogP contribution in [0.1, 0.15) is 23.7 Å². The third kappa shape index (κ3) is 5.82. The van der Waals surface area contributed by atoms with Gasteiger partial charge in [-0.3, -0.25) is 4.79 Å². The predicted octanol–water partition coefficient (Wildman–Crippen LogP) is 2.49. The van der Waals surface area contributed by atoms with E-state index in [0.29, 0.717) is 35.6 Å². The molecule has 0 aliphatic heterocycles. The second-order valence-corrected chi connectivity index (χ2v) is 5.63. The van der Waals surface area contributed by atoms with Crippen LogP contribution in [0.3, 0.4) is 0 Å². The number of carbonyl (C=O) groups excluding carboxylic acids is 1. The van der Waals surface area contributed by atoms with Crippen molar-refractivity contribution in [2.75, 3.05) is 26.5 Å². The second kappa shape index (κ2) is 10.5. The molecule has 1 amide bonds. The molecule has 2 rings (SSSR count). The molecule has 0 saturated carbocycles. The Labute approximate surface area is 159 Å². The van der Waals surface area contributed by atoms with E-state index in [1.807, 2.05) is 24.3 Å². The molecule has 1 unspecified atom stereocenters. The number of ether oxygens (including phenoxy) is 2. The van der Waals surface area contributed by atoms with Crippen molar-refractivity contribution in [2.45, 2.75) is 18.9 Å². The lowest BCUT2D eigenvalue weighted by Crippen LogP contribution is -2.28. The number of anilines is 1. The van der Waals surface area contributed by atoms with E-state index in [1.54, 1.807) is 25.3 Å². The minimum Gasteiger partial charge on any atom is -0.497 e. The van der Waals surface area contributed by atoms with Crippen LogP contribution < -0.4 is 20.5 Å². The smallest absolute Gasteiger partial charge is 0.220 e. The van der Waals surface area contributed by atoms with Crippen molar-refractivity contribution in [2.24, 2.45) is 0 Å². The Kier molecular flexibility index (Phi) is 8.75. The van der Waals surface area contributed by atoms with Crippen LogP contribution in [-0.2, 0) is 11.2 Å². The summed E-state index contributed by atoms with van der Waals surface area (Å²) in [6.07, 6.45) is -0.0384. The summed E-state index contributed by atoms with van der Waals surface area (Å²) >= 11 is 0. The van der Waals surface area contributed by atoms with Gasteiger partial charge in [-0.05, 0) is 36.2 Å². The molecule has 2 aromatic rings. The Hall–Kier alpha value is -2.44. The van der Waals surface area contributed by atoms with Gasteiger partial charge in [-0.2, -0.15) is 0 Å². The first-order valence-corrected chi connectivity index (χ1v) is 8.05. The number of rotatable bonds is 8. The van der Waals surface area contributed by atoms with Crippen molar-refractivity contribution in [3.63, 3.8) is 0 Å². The van der Waals surface area contributed by atoms with Crippen LogP contribution in [0.4, 0.5) is 5.69 Å². The zero-order valence-corrected chi connectivity index (χ0v) is 15.7. The van der Waals surface area contributed by atoms with Crippen molar-refractivity contribution in [3.8, 4) is 11.5 Å². The number of nitrogens with two attached hydrogens (primary N) is 1. The van der Waals surface area contributed by atoms with E-state index in [4.69, 9.17) is 15.2 Å². The molecule has 0 aromatic heterocycles. The highest BCUT2D eigenvalue weighted by molar-refractivity contribution is 5.85. The van der Waals surface area contributed by atoms with Crippen molar-refractivity contribution in [1.82, 2.24) is 5.32 Å². The maximum Gasteiger partial charge on any atom is 0.220 e. The average molecular weight is 381 g/mol. The van der Waals surface area contributed by atoms with Crippen molar-refractivity contribution in [3.05, 3.63) is 53.6 Å². The van der Waals surface area contributed by atoms with Gasteiger partial charge in [-0.1, -0.05) is 18.2 Å². The molecule has 2 aromatic carbocycles. The zero-order chi connectivity index (χ0) is 18.2. The van der Waals surface area contributed by atoms with Crippen LogP contribution >= 0.6 is 12.4 Å². The summed E-state index contributed by atoms with van der Waals surface area (Å²) in [5, 5.41) is 13.1. The van der Waals surface area contributed by atoms with Gasteiger partial charge in [0.2, 0.25) is 5.91 Å². The monoisotopic (exact) mass is 380 g/mol. The lowest BCUT2D eigenvalue weighted by atomic mass is 10.1. The Morgan fingerprint density at radius 3 is 2.58 bits per heavy atom. The molecule has 0 radical (unpaired) electrons. The molecule has 0 saturated heterocycles. The van der Waals surface area contributed by atoms with Gasteiger partial charge in [-0.15, -0.1) is 12.4 Å². The van der Waals surface area contributed by atoms with Crippen LogP contribution in [0.25, 0.3) is 0 Å². The minimum absolute atomic E-state index is 0. The largest absolute Gasteiger partial charge is 0.497 e. The number of methoxy groups -OCH3 is 2.